The molecule has 2 atom stereocenters. The summed E-state index contributed by atoms with van der Waals surface area (Å²) in [5.74, 6) is -1.01. The minimum atomic E-state index is -4.90. The van der Waals surface area contributed by atoms with Crippen molar-refractivity contribution in [2.45, 2.75) is 200 Å². The van der Waals surface area contributed by atoms with Gasteiger partial charge in [0.15, 0.2) is 11.2 Å². The molecule has 0 amide bonds. The molecule has 0 aliphatic heterocycles. The van der Waals surface area contributed by atoms with Crippen LogP contribution >= 0.6 is 7.82 Å². The van der Waals surface area contributed by atoms with Crippen LogP contribution in [0.4, 0.5) is 0 Å². The Kier molecular flexibility index (Phi) is 33.9. The van der Waals surface area contributed by atoms with Gasteiger partial charge in [-0.3, -0.25) is 14.1 Å². The van der Waals surface area contributed by atoms with Crippen LogP contribution in [0, 0.1) is 0 Å². The molecule has 0 rings (SSSR count). The Morgan fingerprint density at radius 1 is 0.600 bits per heavy atom. The number of carbonyl (C=O) groups excluding carboxylic acids is 2. The third kappa shape index (κ3) is 32.6. The molecule has 50 heavy (non-hydrogen) atoms. The first-order valence-corrected chi connectivity index (χ1v) is 22.4. The lowest BCUT2D eigenvalue weighted by Crippen LogP contribution is -2.30. The fourth-order valence-electron chi connectivity index (χ4n) is 5.66. The number of phosphoric ester groups is 1. The second-order valence-corrected chi connectivity index (χ2v) is 15.7. The van der Waals surface area contributed by atoms with E-state index >= 15 is 0 Å². The number of hydrogen-bond acceptors (Lipinski definition) is 10. The zero-order valence-electron chi connectivity index (χ0n) is 31.6. The first kappa shape index (κ1) is 48.7. The highest BCUT2D eigenvalue weighted by Gasteiger charge is 2.28. The predicted molar refractivity (Wildman–Crippen MR) is 201 cm³/mol. The fourth-order valence-corrected chi connectivity index (χ4v) is 7.06. The smallest absolute Gasteiger partial charge is 0.462 e. The number of ether oxygens (including phenoxy) is 2. The standard InChI is InChI=1S/C37H72NO10PS/c1-3-5-7-9-11-13-15-17-19-21-23-25-27-29-35(39)45-32-34(33-46-49(41,42)48-37(31-38)50(43)44)47-36(40)30-28-26-24-22-20-18-16-14-12-10-8-6-4-2/h34H,3-33,38H2,1-2H3,(H,41,42)/t34-/m1/s1. The zero-order valence-corrected chi connectivity index (χ0v) is 33.3. The van der Waals surface area contributed by atoms with E-state index in [2.05, 4.69) is 18.4 Å². The Balaban J connectivity index is 4.45. The molecule has 11 nitrogen and oxygen atoms in total. The molecule has 0 bridgehead atoms. The Labute approximate surface area is 305 Å². The van der Waals surface area contributed by atoms with Crippen LogP contribution in [-0.4, -0.2) is 56.2 Å². The molecule has 0 aliphatic carbocycles. The van der Waals surface area contributed by atoms with E-state index in [1.54, 1.807) is 0 Å². The summed E-state index contributed by atoms with van der Waals surface area (Å²) in [4.78, 5) is 34.9. The third-order valence-corrected chi connectivity index (χ3v) is 10.4. The van der Waals surface area contributed by atoms with Gasteiger partial charge in [-0.15, -0.1) is 0 Å². The Morgan fingerprint density at radius 2 is 0.960 bits per heavy atom. The second kappa shape index (κ2) is 34.8. The SMILES string of the molecule is CCCCCCCCCCCCCCCC(=O)OC[C@H](COP(=O)(O)OC(CN)=S(=O)=O)OC(=O)CCCCCCCCCCCCCCC. The molecule has 13 heteroatoms. The zero-order chi connectivity index (χ0) is 37.1. The summed E-state index contributed by atoms with van der Waals surface area (Å²) in [6, 6.07) is 0. The normalized spacial score (nSPS) is 13.1. The lowest BCUT2D eigenvalue weighted by Gasteiger charge is -2.19. The maximum atomic E-state index is 12.6. The van der Waals surface area contributed by atoms with Crippen LogP contribution in [0.15, 0.2) is 0 Å². The summed E-state index contributed by atoms with van der Waals surface area (Å²) in [7, 11) is -7.85. The number of rotatable bonds is 36. The quantitative estimate of drug-likeness (QED) is 0.0270. The molecule has 0 aromatic carbocycles. The van der Waals surface area contributed by atoms with E-state index < -0.39 is 54.4 Å². The molecule has 0 fully saturated rings. The Bertz CT molecular complexity index is 1020. The van der Waals surface area contributed by atoms with Crippen LogP contribution in [0.2, 0.25) is 0 Å². The van der Waals surface area contributed by atoms with Gasteiger partial charge in [0, 0.05) is 12.8 Å². The topological polar surface area (TPSA) is 169 Å². The average Bonchev–Trinajstić information content (AvgIpc) is 3.08. The molecule has 0 heterocycles. The summed E-state index contributed by atoms with van der Waals surface area (Å²) in [5, 5.41) is -0.851. The van der Waals surface area contributed by atoms with E-state index in [-0.39, 0.29) is 19.4 Å². The molecular formula is C37H72NO10PS. The molecule has 0 radical (unpaired) electrons. The van der Waals surface area contributed by atoms with Gasteiger partial charge >= 0.3 is 19.8 Å². The van der Waals surface area contributed by atoms with Crippen LogP contribution in [0.25, 0.3) is 0 Å². The van der Waals surface area contributed by atoms with E-state index in [1.807, 2.05) is 0 Å². The number of hydrogen-bond donors (Lipinski definition) is 2. The van der Waals surface area contributed by atoms with Crippen molar-refractivity contribution in [3.63, 3.8) is 0 Å². The van der Waals surface area contributed by atoms with Crippen LogP contribution in [0.5, 0.6) is 0 Å². The van der Waals surface area contributed by atoms with Crippen molar-refractivity contribution in [3.05, 3.63) is 0 Å². The highest BCUT2D eigenvalue weighted by atomic mass is 32.2. The molecule has 0 aromatic heterocycles. The lowest BCUT2D eigenvalue weighted by atomic mass is 10.0. The van der Waals surface area contributed by atoms with Crippen molar-refractivity contribution < 1.29 is 46.0 Å². The van der Waals surface area contributed by atoms with Crippen LogP contribution in [-0.2, 0) is 43.0 Å². The van der Waals surface area contributed by atoms with Gasteiger partial charge in [0.2, 0.25) is 10.3 Å². The maximum Gasteiger partial charge on any atom is 0.478 e. The average molecular weight is 754 g/mol. The summed E-state index contributed by atoms with van der Waals surface area (Å²) in [6.45, 7) is 2.81. The van der Waals surface area contributed by atoms with Crippen molar-refractivity contribution in [1.82, 2.24) is 0 Å². The summed E-state index contributed by atoms with van der Waals surface area (Å²) < 4.78 is 54.7. The molecule has 296 valence electrons. The van der Waals surface area contributed by atoms with Crippen LogP contribution < -0.4 is 5.73 Å². The van der Waals surface area contributed by atoms with Crippen molar-refractivity contribution >= 4 is 35.1 Å². The molecule has 0 aliphatic rings. The van der Waals surface area contributed by atoms with Gasteiger partial charge in [0.25, 0.3) is 0 Å². The second-order valence-electron chi connectivity index (χ2n) is 13.4. The van der Waals surface area contributed by atoms with Crippen LogP contribution in [0.3, 0.4) is 0 Å². The largest absolute Gasteiger partial charge is 0.478 e. The third-order valence-electron chi connectivity index (χ3n) is 8.69. The van der Waals surface area contributed by atoms with Gasteiger partial charge in [0.1, 0.15) is 6.61 Å². The summed E-state index contributed by atoms with van der Waals surface area (Å²) in [6.07, 6.45) is 30.0. The van der Waals surface area contributed by atoms with E-state index in [1.165, 1.54) is 116 Å². The van der Waals surface area contributed by atoms with Crippen molar-refractivity contribution in [2.75, 3.05) is 19.8 Å². The van der Waals surface area contributed by atoms with Gasteiger partial charge in [-0.25, -0.2) is 9.09 Å². The predicted octanol–water partition coefficient (Wildman–Crippen LogP) is 9.51. The van der Waals surface area contributed by atoms with E-state index in [0.717, 1.165) is 38.5 Å². The van der Waals surface area contributed by atoms with Gasteiger partial charge in [-0.05, 0) is 12.8 Å². The Morgan fingerprint density at radius 3 is 1.32 bits per heavy atom. The minimum Gasteiger partial charge on any atom is -0.462 e. The number of carbonyl (C=O) groups is 2. The monoisotopic (exact) mass is 753 g/mol. The highest BCUT2D eigenvalue weighted by molar-refractivity contribution is 7.73. The molecule has 3 N–H and O–H groups in total. The number of esters is 2. The Hall–Kier alpha value is -1.30. The van der Waals surface area contributed by atoms with E-state index in [9.17, 15) is 27.5 Å². The van der Waals surface area contributed by atoms with Crippen molar-refractivity contribution in [2.24, 2.45) is 5.73 Å². The minimum absolute atomic E-state index is 0.148. The van der Waals surface area contributed by atoms with Crippen LogP contribution in [0.1, 0.15) is 194 Å². The number of nitrogens with two attached hydrogens (primary N) is 1. The first-order chi connectivity index (χ1) is 24.1. The molecule has 0 saturated heterocycles. The van der Waals surface area contributed by atoms with Gasteiger partial charge < -0.3 is 20.1 Å². The van der Waals surface area contributed by atoms with Crippen molar-refractivity contribution in [3.8, 4) is 0 Å². The number of unbranched alkanes of at least 4 members (excludes halogenated alkanes) is 24. The highest BCUT2D eigenvalue weighted by Crippen LogP contribution is 2.43. The lowest BCUT2D eigenvalue weighted by molar-refractivity contribution is -0.161. The summed E-state index contributed by atoms with van der Waals surface area (Å²) in [5.41, 5.74) is 5.24. The summed E-state index contributed by atoms with van der Waals surface area (Å²) >= 11 is 0. The van der Waals surface area contributed by atoms with Gasteiger partial charge in [-0.2, -0.15) is 8.42 Å². The fraction of sp³-hybridized carbons (Fsp3) is 0.919. The van der Waals surface area contributed by atoms with Crippen molar-refractivity contribution in [1.29, 1.82) is 0 Å². The molecule has 0 spiro atoms. The van der Waals surface area contributed by atoms with E-state index in [0.29, 0.717) is 12.8 Å². The van der Waals surface area contributed by atoms with Gasteiger partial charge in [-0.1, -0.05) is 168 Å². The van der Waals surface area contributed by atoms with Gasteiger partial charge in [0.05, 0.1) is 13.2 Å². The van der Waals surface area contributed by atoms with E-state index in [4.69, 9.17) is 19.7 Å². The molecule has 0 saturated carbocycles. The number of phosphoric acid groups is 1. The maximum absolute atomic E-state index is 12.6. The first-order valence-electron chi connectivity index (χ1n) is 19.8. The molecular weight excluding hydrogens is 681 g/mol. The molecule has 1 unspecified atom stereocenters. The molecule has 0 aromatic rings.